The van der Waals surface area contributed by atoms with Crippen LogP contribution in [0.25, 0.3) is 0 Å². The van der Waals surface area contributed by atoms with Crippen LogP contribution in [0.15, 0.2) is 0 Å². The standard InChI is InChI=1S/C20H40/c1-9-11-15(4)16(5)18(10-2)19-12-14(3)13-20(7,8)17(19)6/h14-19H,9-13H2,1-8H3. The van der Waals surface area contributed by atoms with Crippen LogP contribution in [0.1, 0.15) is 87.5 Å². The van der Waals surface area contributed by atoms with Gasteiger partial charge in [-0.1, -0.05) is 74.7 Å². The smallest absolute Gasteiger partial charge is 0.0323 e. The lowest BCUT2D eigenvalue weighted by atomic mass is 9.56. The van der Waals surface area contributed by atoms with Crippen molar-refractivity contribution in [2.75, 3.05) is 0 Å². The second-order valence-corrected chi connectivity index (χ2v) is 8.68. The van der Waals surface area contributed by atoms with E-state index < -0.39 is 0 Å². The molecule has 6 unspecified atom stereocenters. The molecule has 1 fully saturated rings. The molecular formula is C20H40. The first kappa shape index (κ1) is 18.1. The average molecular weight is 281 g/mol. The highest BCUT2D eigenvalue weighted by Crippen LogP contribution is 2.51. The van der Waals surface area contributed by atoms with Crippen LogP contribution in [0.5, 0.6) is 0 Å². The van der Waals surface area contributed by atoms with Gasteiger partial charge in [-0.15, -0.1) is 0 Å². The normalized spacial score (nSPS) is 34.5. The summed E-state index contributed by atoms with van der Waals surface area (Å²) in [6.07, 6.45) is 6.99. The molecule has 1 saturated carbocycles. The van der Waals surface area contributed by atoms with E-state index >= 15 is 0 Å². The van der Waals surface area contributed by atoms with Gasteiger partial charge in [-0.05, 0) is 53.8 Å². The molecule has 0 spiro atoms. The average Bonchev–Trinajstić information content (AvgIpc) is 2.35. The third kappa shape index (κ3) is 4.01. The van der Waals surface area contributed by atoms with Gasteiger partial charge in [-0.3, -0.25) is 0 Å². The van der Waals surface area contributed by atoms with Gasteiger partial charge in [0.25, 0.3) is 0 Å². The van der Waals surface area contributed by atoms with Crippen LogP contribution in [0.4, 0.5) is 0 Å². The SMILES string of the molecule is CCCC(C)C(C)C(CC)C1CC(C)CC(C)(C)C1C. The van der Waals surface area contributed by atoms with E-state index in [9.17, 15) is 0 Å². The molecule has 0 bridgehead atoms. The number of hydrogen-bond acceptors (Lipinski definition) is 0. The molecule has 120 valence electrons. The topological polar surface area (TPSA) is 0 Å². The maximum atomic E-state index is 2.54. The molecule has 1 rings (SSSR count). The van der Waals surface area contributed by atoms with Crippen molar-refractivity contribution in [3.63, 3.8) is 0 Å². The van der Waals surface area contributed by atoms with E-state index in [0.717, 1.165) is 35.5 Å². The van der Waals surface area contributed by atoms with Gasteiger partial charge in [0.2, 0.25) is 0 Å². The largest absolute Gasteiger partial charge is 0.0654 e. The second kappa shape index (κ2) is 7.32. The first-order chi connectivity index (χ1) is 9.24. The molecule has 0 radical (unpaired) electrons. The van der Waals surface area contributed by atoms with Crippen molar-refractivity contribution in [2.24, 2.45) is 40.9 Å². The lowest BCUT2D eigenvalue weighted by molar-refractivity contribution is -0.00267. The van der Waals surface area contributed by atoms with Crippen LogP contribution >= 0.6 is 0 Å². The second-order valence-electron chi connectivity index (χ2n) is 8.68. The van der Waals surface area contributed by atoms with Crippen LogP contribution in [-0.4, -0.2) is 0 Å². The highest BCUT2D eigenvalue weighted by Gasteiger charge is 2.43. The van der Waals surface area contributed by atoms with E-state index in [-0.39, 0.29) is 0 Å². The van der Waals surface area contributed by atoms with Gasteiger partial charge in [0.15, 0.2) is 0 Å². The van der Waals surface area contributed by atoms with Gasteiger partial charge in [0, 0.05) is 0 Å². The molecule has 0 heterocycles. The summed E-state index contributed by atoms with van der Waals surface area (Å²) in [6, 6.07) is 0. The molecule has 0 aromatic rings. The molecule has 0 aromatic carbocycles. The summed E-state index contributed by atoms with van der Waals surface area (Å²) in [5.74, 6) is 5.42. The van der Waals surface area contributed by atoms with Crippen molar-refractivity contribution in [3.8, 4) is 0 Å². The Morgan fingerprint density at radius 3 is 2.20 bits per heavy atom. The van der Waals surface area contributed by atoms with E-state index in [1.54, 1.807) is 0 Å². The van der Waals surface area contributed by atoms with E-state index in [4.69, 9.17) is 0 Å². The Hall–Kier alpha value is 0. The summed E-state index contributed by atoms with van der Waals surface area (Å²) < 4.78 is 0. The summed E-state index contributed by atoms with van der Waals surface area (Å²) in [5.41, 5.74) is 0.531. The quantitative estimate of drug-likeness (QED) is 0.502. The van der Waals surface area contributed by atoms with E-state index in [1.165, 1.54) is 32.1 Å². The minimum atomic E-state index is 0.531. The van der Waals surface area contributed by atoms with Gasteiger partial charge in [-0.25, -0.2) is 0 Å². The first-order valence-electron chi connectivity index (χ1n) is 9.24. The molecular weight excluding hydrogens is 240 g/mol. The predicted octanol–water partition coefficient (Wildman–Crippen LogP) is 6.79. The third-order valence-corrected chi connectivity index (χ3v) is 6.76. The summed E-state index contributed by atoms with van der Waals surface area (Å²) in [7, 11) is 0. The lowest BCUT2D eigenvalue weighted by Gasteiger charge is -2.50. The molecule has 1 aliphatic carbocycles. The van der Waals surface area contributed by atoms with Crippen LogP contribution in [0.3, 0.4) is 0 Å². The van der Waals surface area contributed by atoms with Crippen molar-refractivity contribution >= 4 is 0 Å². The molecule has 20 heavy (non-hydrogen) atoms. The zero-order valence-corrected chi connectivity index (χ0v) is 15.5. The van der Waals surface area contributed by atoms with Crippen molar-refractivity contribution in [2.45, 2.75) is 87.5 Å². The van der Waals surface area contributed by atoms with Gasteiger partial charge < -0.3 is 0 Å². The highest BCUT2D eigenvalue weighted by molar-refractivity contribution is 4.92. The monoisotopic (exact) mass is 280 g/mol. The maximum absolute atomic E-state index is 2.54. The van der Waals surface area contributed by atoms with Crippen molar-refractivity contribution in [3.05, 3.63) is 0 Å². The van der Waals surface area contributed by atoms with Gasteiger partial charge in [0.05, 0.1) is 0 Å². The Bertz CT molecular complexity index is 278. The Morgan fingerprint density at radius 2 is 1.70 bits per heavy atom. The van der Waals surface area contributed by atoms with Crippen molar-refractivity contribution < 1.29 is 0 Å². The number of rotatable bonds is 6. The van der Waals surface area contributed by atoms with E-state index in [0.29, 0.717) is 5.41 Å². The molecule has 0 amide bonds. The van der Waals surface area contributed by atoms with E-state index in [1.807, 2.05) is 0 Å². The van der Waals surface area contributed by atoms with Gasteiger partial charge in [-0.2, -0.15) is 0 Å². The molecule has 0 N–H and O–H groups in total. The minimum Gasteiger partial charge on any atom is -0.0654 e. The molecule has 0 nitrogen and oxygen atoms in total. The van der Waals surface area contributed by atoms with Crippen LogP contribution < -0.4 is 0 Å². The first-order valence-corrected chi connectivity index (χ1v) is 9.24. The highest BCUT2D eigenvalue weighted by atomic mass is 14.5. The van der Waals surface area contributed by atoms with Crippen LogP contribution in [0.2, 0.25) is 0 Å². The lowest BCUT2D eigenvalue weighted by Crippen LogP contribution is -2.42. The molecule has 0 heteroatoms. The van der Waals surface area contributed by atoms with Crippen molar-refractivity contribution in [1.82, 2.24) is 0 Å². The van der Waals surface area contributed by atoms with Gasteiger partial charge >= 0.3 is 0 Å². The molecule has 0 aliphatic heterocycles. The Morgan fingerprint density at radius 1 is 1.10 bits per heavy atom. The number of hydrogen-bond donors (Lipinski definition) is 0. The summed E-state index contributed by atoms with van der Waals surface area (Å²) in [6.45, 7) is 19.8. The Kier molecular flexibility index (Phi) is 6.61. The molecule has 0 aromatic heterocycles. The van der Waals surface area contributed by atoms with Gasteiger partial charge in [0.1, 0.15) is 0 Å². The summed E-state index contributed by atoms with van der Waals surface area (Å²) in [5, 5.41) is 0. The molecule has 0 saturated heterocycles. The zero-order chi connectivity index (χ0) is 15.5. The fraction of sp³-hybridized carbons (Fsp3) is 1.00. The Labute approximate surface area is 129 Å². The third-order valence-electron chi connectivity index (χ3n) is 6.76. The predicted molar refractivity (Wildman–Crippen MR) is 91.9 cm³/mol. The maximum Gasteiger partial charge on any atom is -0.0323 e. The summed E-state index contributed by atoms with van der Waals surface area (Å²) in [4.78, 5) is 0. The molecule has 6 atom stereocenters. The molecule has 1 aliphatic rings. The Balaban J connectivity index is 2.87. The summed E-state index contributed by atoms with van der Waals surface area (Å²) >= 11 is 0. The fourth-order valence-electron chi connectivity index (χ4n) is 5.17. The zero-order valence-electron chi connectivity index (χ0n) is 15.5. The van der Waals surface area contributed by atoms with Crippen LogP contribution in [0, 0.1) is 40.9 Å². The van der Waals surface area contributed by atoms with Crippen molar-refractivity contribution in [1.29, 1.82) is 0 Å². The van der Waals surface area contributed by atoms with Crippen LogP contribution in [-0.2, 0) is 0 Å². The van der Waals surface area contributed by atoms with E-state index in [2.05, 4.69) is 55.4 Å². The fourth-order valence-corrected chi connectivity index (χ4v) is 5.17. The minimum absolute atomic E-state index is 0.531.